The molecule has 226 valence electrons. The number of benzene rings is 2. The first-order valence-electron chi connectivity index (χ1n) is 13.9. The van der Waals surface area contributed by atoms with Crippen molar-refractivity contribution in [2.45, 2.75) is 46.0 Å². The third-order valence-electron chi connectivity index (χ3n) is 6.71. The topological polar surface area (TPSA) is 136 Å². The summed E-state index contributed by atoms with van der Waals surface area (Å²) >= 11 is 0. The van der Waals surface area contributed by atoms with E-state index in [9.17, 15) is 19.7 Å². The standard InChI is InChI=1S/C31H38N2O9/c1-5-15-39-20-40-18-14-23-10-12-26(13-11-23)41-16-7-17-42-31(35)28-22(3)32-21(2)27(30(34)38-4)29(28)24-8-6-9-25(19-24)33(36)37/h6,8-13,19,27,29H,5,7,14-18,20H2,1-4H3. The summed E-state index contributed by atoms with van der Waals surface area (Å²) in [5, 5.41) is 11.4. The van der Waals surface area contributed by atoms with E-state index in [-0.39, 0.29) is 17.9 Å². The number of carbonyl (C=O) groups excluding carboxylic acids is 2. The molecular formula is C31H38N2O9. The monoisotopic (exact) mass is 582 g/mol. The summed E-state index contributed by atoms with van der Waals surface area (Å²) in [6.45, 7) is 7.30. The highest BCUT2D eigenvalue weighted by Gasteiger charge is 2.42. The predicted molar refractivity (Wildman–Crippen MR) is 155 cm³/mol. The number of nitro groups is 1. The summed E-state index contributed by atoms with van der Waals surface area (Å²) in [7, 11) is 1.25. The molecule has 0 fully saturated rings. The van der Waals surface area contributed by atoms with Gasteiger partial charge in [0.05, 0.1) is 37.4 Å². The normalized spacial score (nSPS) is 16.5. The van der Waals surface area contributed by atoms with E-state index in [1.807, 2.05) is 31.2 Å². The van der Waals surface area contributed by atoms with E-state index in [0.717, 1.165) is 18.4 Å². The fourth-order valence-electron chi connectivity index (χ4n) is 4.68. The van der Waals surface area contributed by atoms with Crippen LogP contribution >= 0.6 is 0 Å². The minimum absolute atomic E-state index is 0.0678. The number of hydrogen-bond donors (Lipinski definition) is 0. The lowest BCUT2D eigenvalue weighted by Gasteiger charge is -2.31. The molecule has 11 nitrogen and oxygen atoms in total. The van der Waals surface area contributed by atoms with Crippen LogP contribution in [0.4, 0.5) is 5.69 Å². The van der Waals surface area contributed by atoms with Gasteiger partial charge in [-0.2, -0.15) is 0 Å². The molecular weight excluding hydrogens is 544 g/mol. The zero-order valence-electron chi connectivity index (χ0n) is 24.5. The molecule has 3 rings (SSSR count). The molecule has 2 unspecified atom stereocenters. The average Bonchev–Trinajstić information content (AvgIpc) is 2.98. The van der Waals surface area contributed by atoms with E-state index in [0.29, 0.717) is 55.8 Å². The van der Waals surface area contributed by atoms with Gasteiger partial charge in [0.2, 0.25) is 0 Å². The Labute approximate surface area is 245 Å². The SMILES string of the molecule is CCCOCOCCc1ccc(OCCCOC(=O)C2=C(C)N=C(C)C(C(=O)OC)C2c2cccc([N+](=O)[O-])c2)cc1. The summed E-state index contributed by atoms with van der Waals surface area (Å²) in [4.78, 5) is 41.4. The van der Waals surface area contributed by atoms with Gasteiger partial charge in [-0.1, -0.05) is 31.2 Å². The molecule has 2 aromatic rings. The van der Waals surface area contributed by atoms with Crippen LogP contribution in [0.1, 0.15) is 50.7 Å². The maximum absolute atomic E-state index is 13.3. The van der Waals surface area contributed by atoms with Gasteiger partial charge in [0.1, 0.15) is 18.5 Å². The van der Waals surface area contributed by atoms with Crippen molar-refractivity contribution in [1.82, 2.24) is 0 Å². The number of non-ortho nitro benzene ring substituents is 1. The van der Waals surface area contributed by atoms with Gasteiger partial charge in [0.15, 0.2) is 0 Å². The van der Waals surface area contributed by atoms with Crippen LogP contribution in [0.2, 0.25) is 0 Å². The average molecular weight is 583 g/mol. The fraction of sp³-hybridized carbons (Fsp3) is 0.452. The Morgan fingerprint density at radius 3 is 2.43 bits per heavy atom. The van der Waals surface area contributed by atoms with Crippen LogP contribution in [0.25, 0.3) is 0 Å². The summed E-state index contributed by atoms with van der Waals surface area (Å²) in [6, 6.07) is 13.6. The van der Waals surface area contributed by atoms with Gasteiger partial charge in [-0.25, -0.2) is 4.79 Å². The number of methoxy groups -OCH3 is 1. The third kappa shape index (κ3) is 8.95. The molecule has 0 N–H and O–H groups in total. The molecule has 42 heavy (non-hydrogen) atoms. The molecule has 1 heterocycles. The van der Waals surface area contributed by atoms with E-state index >= 15 is 0 Å². The second-order valence-corrected chi connectivity index (χ2v) is 9.75. The van der Waals surface area contributed by atoms with Gasteiger partial charge in [0, 0.05) is 42.5 Å². The van der Waals surface area contributed by atoms with Gasteiger partial charge in [-0.15, -0.1) is 0 Å². The Kier molecular flexibility index (Phi) is 12.6. The number of hydrogen-bond acceptors (Lipinski definition) is 10. The highest BCUT2D eigenvalue weighted by Crippen LogP contribution is 2.40. The predicted octanol–water partition coefficient (Wildman–Crippen LogP) is 5.17. The zero-order valence-corrected chi connectivity index (χ0v) is 24.5. The highest BCUT2D eigenvalue weighted by atomic mass is 16.7. The molecule has 1 aliphatic rings. The molecule has 0 radical (unpaired) electrons. The fourth-order valence-corrected chi connectivity index (χ4v) is 4.68. The van der Waals surface area contributed by atoms with Gasteiger partial charge >= 0.3 is 11.9 Å². The van der Waals surface area contributed by atoms with Crippen LogP contribution in [0.15, 0.2) is 64.8 Å². The molecule has 0 bridgehead atoms. The molecule has 11 heteroatoms. The van der Waals surface area contributed by atoms with Gasteiger partial charge in [-0.3, -0.25) is 19.9 Å². The Morgan fingerprint density at radius 2 is 1.74 bits per heavy atom. The lowest BCUT2D eigenvalue weighted by molar-refractivity contribution is -0.384. The summed E-state index contributed by atoms with van der Waals surface area (Å²) < 4.78 is 27.1. The van der Waals surface area contributed by atoms with Crippen LogP contribution in [-0.4, -0.2) is 62.9 Å². The smallest absolute Gasteiger partial charge is 0.336 e. The molecule has 2 atom stereocenters. The number of allylic oxidation sites excluding steroid dienone is 1. The minimum Gasteiger partial charge on any atom is -0.493 e. The summed E-state index contributed by atoms with van der Waals surface area (Å²) in [5.41, 5.74) is 2.36. The molecule has 1 aliphatic heterocycles. The van der Waals surface area contributed by atoms with Gasteiger partial charge in [-0.05, 0) is 49.9 Å². The Hall–Kier alpha value is -4.09. The van der Waals surface area contributed by atoms with Crippen LogP contribution < -0.4 is 4.74 Å². The van der Waals surface area contributed by atoms with E-state index in [1.165, 1.54) is 25.3 Å². The number of carbonyl (C=O) groups is 2. The Morgan fingerprint density at radius 1 is 1.00 bits per heavy atom. The zero-order chi connectivity index (χ0) is 30.5. The van der Waals surface area contributed by atoms with Crippen molar-refractivity contribution >= 4 is 23.3 Å². The van der Waals surface area contributed by atoms with E-state index in [1.54, 1.807) is 19.9 Å². The van der Waals surface area contributed by atoms with Crippen LogP contribution in [-0.2, 0) is 35.0 Å². The Bertz CT molecular complexity index is 1290. The molecule has 0 saturated carbocycles. The second kappa shape index (κ2) is 16.4. The molecule has 0 amide bonds. The maximum Gasteiger partial charge on any atom is 0.336 e. The largest absolute Gasteiger partial charge is 0.493 e. The first-order chi connectivity index (χ1) is 20.3. The van der Waals surface area contributed by atoms with Crippen LogP contribution in [0, 0.1) is 16.0 Å². The lowest BCUT2D eigenvalue weighted by Crippen LogP contribution is -2.36. The molecule has 0 saturated heterocycles. The second-order valence-electron chi connectivity index (χ2n) is 9.75. The van der Waals surface area contributed by atoms with Crippen molar-refractivity contribution in [3.63, 3.8) is 0 Å². The van der Waals surface area contributed by atoms with Crippen molar-refractivity contribution in [2.24, 2.45) is 10.9 Å². The van der Waals surface area contributed by atoms with Crippen molar-refractivity contribution in [2.75, 3.05) is 40.3 Å². The van der Waals surface area contributed by atoms with Crippen molar-refractivity contribution in [3.05, 3.63) is 81.0 Å². The highest BCUT2D eigenvalue weighted by molar-refractivity contribution is 6.07. The first kappa shape index (κ1) is 32.4. The number of nitrogens with zero attached hydrogens (tertiary/aromatic N) is 2. The number of nitro benzene ring substituents is 1. The summed E-state index contributed by atoms with van der Waals surface area (Å²) in [6.07, 6.45) is 2.15. The molecule has 0 spiro atoms. The number of rotatable bonds is 16. The Balaban J connectivity index is 1.58. The molecule has 0 aliphatic carbocycles. The van der Waals surface area contributed by atoms with Crippen molar-refractivity contribution in [3.8, 4) is 5.75 Å². The van der Waals surface area contributed by atoms with E-state index in [2.05, 4.69) is 4.99 Å². The van der Waals surface area contributed by atoms with Crippen LogP contribution in [0.3, 0.4) is 0 Å². The van der Waals surface area contributed by atoms with Crippen LogP contribution in [0.5, 0.6) is 5.75 Å². The van der Waals surface area contributed by atoms with E-state index in [4.69, 9.17) is 23.7 Å². The lowest BCUT2D eigenvalue weighted by atomic mass is 9.75. The van der Waals surface area contributed by atoms with E-state index < -0.39 is 28.7 Å². The van der Waals surface area contributed by atoms with Crippen molar-refractivity contribution < 1.29 is 38.2 Å². The van der Waals surface area contributed by atoms with Gasteiger partial charge < -0.3 is 23.7 Å². The first-order valence-corrected chi connectivity index (χ1v) is 13.9. The molecule has 0 aromatic heterocycles. The quantitative estimate of drug-likeness (QED) is 0.0863. The number of aliphatic imine (C=N–C) groups is 1. The summed E-state index contributed by atoms with van der Waals surface area (Å²) in [5.74, 6) is -2.35. The third-order valence-corrected chi connectivity index (χ3v) is 6.71. The minimum atomic E-state index is -0.935. The van der Waals surface area contributed by atoms with Crippen molar-refractivity contribution in [1.29, 1.82) is 0 Å². The molecule has 2 aromatic carbocycles. The number of esters is 2. The van der Waals surface area contributed by atoms with Gasteiger partial charge in [0.25, 0.3) is 5.69 Å². The maximum atomic E-state index is 13.3. The number of ether oxygens (including phenoxy) is 5.